The Morgan fingerprint density at radius 1 is 1.56 bits per heavy atom. The van der Waals surface area contributed by atoms with Gasteiger partial charge in [-0.3, -0.25) is 9.59 Å². The van der Waals surface area contributed by atoms with Crippen molar-refractivity contribution >= 4 is 29.2 Å². The first kappa shape index (κ1) is 14.4. The van der Waals surface area contributed by atoms with E-state index in [1.54, 1.807) is 26.0 Å². The number of hydrogen-bond acceptors (Lipinski definition) is 3. The van der Waals surface area contributed by atoms with Crippen molar-refractivity contribution in [3.8, 4) is 0 Å². The number of rotatable bonds is 5. The molecule has 98 valence electrons. The fourth-order valence-corrected chi connectivity index (χ4v) is 1.68. The monoisotopic (exact) mass is 270 g/mol. The summed E-state index contributed by atoms with van der Waals surface area (Å²) in [5, 5.41) is 9.11. The summed E-state index contributed by atoms with van der Waals surface area (Å²) in [4.78, 5) is 28.0. The molecule has 6 heteroatoms. The summed E-state index contributed by atoms with van der Waals surface area (Å²) in [6.07, 6.45) is 1.79. The Hall–Kier alpha value is -1.62. The summed E-state index contributed by atoms with van der Waals surface area (Å²) < 4.78 is 0. The molecule has 1 aromatic rings. The summed E-state index contributed by atoms with van der Waals surface area (Å²) in [6.45, 7) is 3.33. The van der Waals surface area contributed by atoms with Crippen molar-refractivity contribution in [3.05, 3.63) is 23.5 Å². The molecule has 0 bridgehead atoms. The molecule has 1 heterocycles. The number of amides is 1. The molecule has 0 fully saturated rings. The van der Waals surface area contributed by atoms with Gasteiger partial charge in [0, 0.05) is 19.2 Å². The van der Waals surface area contributed by atoms with Crippen molar-refractivity contribution in [2.45, 2.75) is 20.3 Å². The summed E-state index contributed by atoms with van der Waals surface area (Å²) in [5.74, 6) is -1.81. The summed E-state index contributed by atoms with van der Waals surface area (Å²) in [7, 11) is 0. The second-order valence-electron chi connectivity index (χ2n) is 3.91. The van der Waals surface area contributed by atoms with Gasteiger partial charge in [0.15, 0.2) is 5.15 Å². The number of aliphatic carboxylic acids is 1. The number of halogens is 1. The SMILES string of the molecule is CCC(=O)N(CC(C)C(=O)O)c1cccnc1Cl. The van der Waals surface area contributed by atoms with E-state index in [-0.39, 0.29) is 24.0 Å². The van der Waals surface area contributed by atoms with E-state index in [2.05, 4.69) is 4.98 Å². The van der Waals surface area contributed by atoms with Gasteiger partial charge in [-0.05, 0) is 12.1 Å². The zero-order valence-electron chi connectivity index (χ0n) is 10.3. The normalized spacial score (nSPS) is 11.9. The van der Waals surface area contributed by atoms with Crippen LogP contribution in [0.2, 0.25) is 5.15 Å². The van der Waals surface area contributed by atoms with Crippen molar-refractivity contribution in [3.63, 3.8) is 0 Å². The Morgan fingerprint density at radius 2 is 2.22 bits per heavy atom. The molecule has 1 amide bonds. The highest BCUT2D eigenvalue weighted by Crippen LogP contribution is 2.24. The van der Waals surface area contributed by atoms with Gasteiger partial charge in [0.1, 0.15) is 0 Å². The molecule has 0 aliphatic heterocycles. The molecule has 0 saturated carbocycles. The lowest BCUT2D eigenvalue weighted by atomic mass is 10.1. The third-order valence-corrected chi connectivity index (χ3v) is 2.80. The minimum Gasteiger partial charge on any atom is -0.481 e. The summed E-state index contributed by atoms with van der Waals surface area (Å²) >= 11 is 5.93. The Kier molecular flexibility index (Phi) is 5.09. The molecule has 18 heavy (non-hydrogen) atoms. The maximum atomic E-state index is 11.9. The predicted molar refractivity (Wildman–Crippen MR) is 68.7 cm³/mol. The average Bonchev–Trinajstić information content (AvgIpc) is 2.35. The van der Waals surface area contributed by atoms with Gasteiger partial charge in [0.05, 0.1) is 11.6 Å². The van der Waals surface area contributed by atoms with Gasteiger partial charge >= 0.3 is 5.97 Å². The number of carbonyl (C=O) groups is 2. The first-order valence-corrected chi connectivity index (χ1v) is 5.98. The van der Waals surface area contributed by atoms with Crippen molar-refractivity contribution in [2.75, 3.05) is 11.4 Å². The van der Waals surface area contributed by atoms with Crippen molar-refractivity contribution in [2.24, 2.45) is 5.92 Å². The number of carboxylic acid groups (broad SMARTS) is 1. The lowest BCUT2D eigenvalue weighted by Crippen LogP contribution is -2.36. The second-order valence-corrected chi connectivity index (χ2v) is 4.27. The van der Waals surface area contributed by atoms with Crippen LogP contribution in [-0.2, 0) is 9.59 Å². The van der Waals surface area contributed by atoms with Gasteiger partial charge in [0.2, 0.25) is 5.91 Å². The number of anilines is 1. The van der Waals surface area contributed by atoms with Crippen LogP contribution < -0.4 is 4.90 Å². The molecule has 1 unspecified atom stereocenters. The van der Waals surface area contributed by atoms with Gasteiger partial charge in [-0.1, -0.05) is 25.4 Å². The molecule has 1 N–H and O–H groups in total. The summed E-state index contributed by atoms with van der Waals surface area (Å²) in [6, 6.07) is 3.31. The minimum absolute atomic E-state index is 0.0768. The van der Waals surface area contributed by atoms with E-state index < -0.39 is 11.9 Å². The highest BCUT2D eigenvalue weighted by atomic mass is 35.5. The van der Waals surface area contributed by atoms with Crippen molar-refractivity contribution in [1.82, 2.24) is 4.98 Å². The van der Waals surface area contributed by atoms with Crippen LogP contribution in [0.3, 0.4) is 0 Å². The van der Waals surface area contributed by atoms with Crippen LogP contribution in [0.15, 0.2) is 18.3 Å². The maximum Gasteiger partial charge on any atom is 0.308 e. The number of hydrogen-bond donors (Lipinski definition) is 1. The zero-order valence-corrected chi connectivity index (χ0v) is 11.0. The van der Waals surface area contributed by atoms with Crippen LogP contribution in [0.1, 0.15) is 20.3 Å². The van der Waals surface area contributed by atoms with Crippen LogP contribution in [-0.4, -0.2) is 28.5 Å². The Bertz CT molecular complexity index is 451. The van der Waals surface area contributed by atoms with Gasteiger partial charge < -0.3 is 10.0 Å². The molecular formula is C12H15ClN2O3. The zero-order chi connectivity index (χ0) is 13.7. The fourth-order valence-electron chi connectivity index (χ4n) is 1.46. The third-order valence-electron chi connectivity index (χ3n) is 2.51. The van der Waals surface area contributed by atoms with Gasteiger partial charge in [-0.25, -0.2) is 4.98 Å². The molecule has 0 aliphatic carbocycles. The van der Waals surface area contributed by atoms with Crippen LogP contribution >= 0.6 is 11.6 Å². The number of pyridine rings is 1. The van der Waals surface area contributed by atoms with E-state index in [0.717, 1.165) is 0 Å². The molecule has 0 saturated heterocycles. The van der Waals surface area contributed by atoms with E-state index in [1.807, 2.05) is 0 Å². The number of carboxylic acids is 1. The number of carbonyl (C=O) groups excluding carboxylic acids is 1. The first-order chi connectivity index (χ1) is 8.47. The summed E-state index contributed by atoms with van der Waals surface area (Å²) in [5.41, 5.74) is 0.444. The lowest BCUT2D eigenvalue weighted by molar-refractivity contribution is -0.140. The van der Waals surface area contributed by atoms with Crippen LogP contribution in [0.5, 0.6) is 0 Å². The minimum atomic E-state index is -0.955. The number of aromatic nitrogens is 1. The van der Waals surface area contributed by atoms with Gasteiger partial charge in [0.25, 0.3) is 0 Å². The number of nitrogens with zero attached hydrogens (tertiary/aromatic N) is 2. The fraction of sp³-hybridized carbons (Fsp3) is 0.417. The molecule has 5 nitrogen and oxygen atoms in total. The quantitative estimate of drug-likeness (QED) is 0.833. The van der Waals surface area contributed by atoms with Crippen LogP contribution in [0.25, 0.3) is 0 Å². The van der Waals surface area contributed by atoms with Crippen molar-refractivity contribution in [1.29, 1.82) is 0 Å². The Balaban J connectivity index is 3.03. The predicted octanol–water partition coefficient (Wildman–Crippen LogP) is 2.20. The van der Waals surface area contributed by atoms with E-state index >= 15 is 0 Å². The van der Waals surface area contributed by atoms with Crippen LogP contribution in [0.4, 0.5) is 5.69 Å². The first-order valence-electron chi connectivity index (χ1n) is 5.61. The molecule has 1 aromatic heterocycles. The standard InChI is InChI=1S/C12H15ClN2O3/c1-3-10(16)15(7-8(2)12(17)18)9-5-4-6-14-11(9)13/h4-6,8H,3,7H2,1-2H3,(H,17,18). The highest BCUT2D eigenvalue weighted by Gasteiger charge is 2.22. The van der Waals surface area contributed by atoms with Crippen LogP contribution in [0, 0.1) is 5.92 Å². The van der Waals surface area contributed by atoms with Crippen molar-refractivity contribution < 1.29 is 14.7 Å². The highest BCUT2D eigenvalue weighted by molar-refractivity contribution is 6.32. The molecule has 1 atom stereocenters. The Morgan fingerprint density at radius 3 is 2.72 bits per heavy atom. The third kappa shape index (κ3) is 3.43. The van der Waals surface area contributed by atoms with Gasteiger partial charge in [-0.2, -0.15) is 0 Å². The maximum absolute atomic E-state index is 11.9. The van der Waals surface area contributed by atoms with E-state index in [0.29, 0.717) is 5.69 Å². The second kappa shape index (κ2) is 6.35. The molecule has 0 aliphatic rings. The topological polar surface area (TPSA) is 70.5 Å². The van der Waals surface area contributed by atoms with E-state index in [9.17, 15) is 9.59 Å². The average molecular weight is 271 g/mol. The Labute approximate surface area is 110 Å². The van der Waals surface area contributed by atoms with Gasteiger partial charge in [-0.15, -0.1) is 0 Å². The molecular weight excluding hydrogens is 256 g/mol. The molecule has 0 aromatic carbocycles. The van der Waals surface area contributed by atoms with E-state index in [4.69, 9.17) is 16.7 Å². The molecule has 1 rings (SSSR count). The lowest BCUT2D eigenvalue weighted by Gasteiger charge is -2.24. The van der Waals surface area contributed by atoms with E-state index in [1.165, 1.54) is 11.1 Å². The molecule has 0 radical (unpaired) electrons. The largest absolute Gasteiger partial charge is 0.481 e. The molecule has 0 spiro atoms. The smallest absolute Gasteiger partial charge is 0.308 e.